The Morgan fingerprint density at radius 3 is 2.53 bits per heavy atom. The van der Waals surface area contributed by atoms with Gasteiger partial charge in [-0.2, -0.15) is 4.41 Å². The van der Waals surface area contributed by atoms with Gasteiger partial charge in [0, 0.05) is 31.7 Å². The van der Waals surface area contributed by atoms with Crippen LogP contribution in [0.15, 0.2) is 57.0 Å². The number of carbonyl (C=O) groups excluding carboxylic acids is 5. The third-order valence-electron chi connectivity index (χ3n) is 6.81. The van der Waals surface area contributed by atoms with Crippen molar-refractivity contribution in [3.05, 3.63) is 68.1 Å². The number of fused-ring (bicyclic) bond motifs is 1. The molecule has 3 atom stereocenters. The summed E-state index contributed by atoms with van der Waals surface area (Å²) in [5.41, 5.74) is 7.59. The number of amides is 5. The largest absolute Gasteiger partial charge is 1.00 e. The van der Waals surface area contributed by atoms with E-state index in [1.807, 2.05) is 7.05 Å². The van der Waals surface area contributed by atoms with Crippen LogP contribution in [0.4, 0.5) is 16.4 Å². The van der Waals surface area contributed by atoms with E-state index in [2.05, 4.69) is 26.0 Å². The number of phenols is 1. The molecule has 3 aliphatic heterocycles. The summed E-state index contributed by atoms with van der Waals surface area (Å²) in [6.07, 6.45) is 2.71. The summed E-state index contributed by atoms with van der Waals surface area (Å²) in [5, 5.41) is 26.1. The predicted octanol–water partition coefficient (Wildman–Crippen LogP) is -3.90. The first-order valence-corrected chi connectivity index (χ1v) is 16.1. The van der Waals surface area contributed by atoms with Gasteiger partial charge in [-0.1, -0.05) is 12.1 Å². The van der Waals surface area contributed by atoms with Gasteiger partial charge >= 0.3 is 35.6 Å². The molecule has 4 heterocycles. The van der Waals surface area contributed by atoms with E-state index in [-0.39, 0.29) is 64.0 Å². The third-order valence-corrected chi connectivity index (χ3v) is 10.3. The number of primary amides is 1. The number of carboxylic acids is 1. The van der Waals surface area contributed by atoms with E-state index < -0.39 is 58.4 Å². The number of aromatic nitrogens is 2. The van der Waals surface area contributed by atoms with Crippen molar-refractivity contribution in [3.8, 4) is 5.75 Å². The van der Waals surface area contributed by atoms with Gasteiger partial charge in [-0.15, -0.1) is 23.5 Å². The summed E-state index contributed by atoms with van der Waals surface area (Å²) in [6, 6.07) is 1.06. The standard InChI is InChI=1S/C26H27N9O8S3.Na/c1-11(36)30-26-28-7-15(20(38)32-26)34(25(27)43)18(12-3-5-14(37)6-4-12)21(39)31-17-22(40)35-19(24(41)42)13(10-45-23(17)35)9-44-16-8-29-33(2)46-16;/h3-8,17-18,23,29,37H,9-10H2,1-2H3,(H2,27,43)(H,31,39)(H,41,42)(H2,28,30,32,36,38);/q;+1/p-1/t17?,18?,23-;/m1./s1. The molecule has 0 saturated carbocycles. The summed E-state index contributed by atoms with van der Waals surface area (Å²) >= 11 is 4.07. The number of hydrogen-bond donors (Lipinski definition) is 6. The Kier molecular flexibility index (Phi) is 11.6. The Morgan fingerprint density at radius 2 is 1.96 bits per heavy atom. The monoisotopic (exact) mass is 711 g/mol. The number of hydrogen-bond acceptors (Lipinski definition) is 14. The molecule has 1 fully saturated rings. The summed E-state index contributed by atoms with van der Waals surface area (Å²) in [4.78, 5) is 84.5. The third kappa shape index (κ3) is 7.74. The number of urea groups is 1. The van der Waals surface area contributed by atoms with Crippen LogP contribution in [0.3, 0.4) is 0 Å². The van der Waals surface area contributed by atoms with Gasteiger partial charge in [0.1, 0.15) is 28.9 Å². The average Bonchev–Trinajstić information content (AvgIpc) is 3.42. The fourth-order valence-corrected chi connectivity index (χ4v) is 8.19. The number of aliphatic carboxylic acids is 1. The Bertz CT molecular complexity index is 1740. The number of thioether (sulfide) groups is 2. The molecule has 1 saturated heterocycles. The number of hydrazine groups is 1. The zero-order valence-electron chi connectivity index (χ0n) is 25.0. The van der Waals surface area contributed by atoms with Crippen LogP contribution in [-0.4, -0.2) is 84.1 Å². The molecule has 5 rings (SSSR count). The van der Waals surface area contributed by atoms with Gasteiger partial charge in [0.2, 0.25) is 17.8 Å². The summed E-state index contributed by atoms with van der Waals surface area (Å²) < 4.78 is 2.67. The molecule has 0 spiro atoms. The minimum atomic E-state index is -1.64. The SMILES string of the molecule is CC(=O)Nc1ncc(N(C(N)=O)C(C(=O)NC2C(=O)N3C(C(=O)[O-])=C(CSC4=CNN(C)S4)CS[C@H]23)c2ccc(O)cc2)c(=O)[nH]1.[Na+]. The van der Waals surface area contributed by atoms with Crippen LogP contribution in [0.25, 0.3) is 0 Å². The predicted molar refractivity (Wildman–Crippen MR) is 168 cm³/mol. The minimum absolute atomic E-state index is 0. The summed E-state index contributed by atoms with van der Waals surface area (Å²) in [6.45, 7) is 1.19. The Morgan fingerprint density at radius 1 is 1.26 bits per heavy atom. The quantitative estimate of drug-likeness (QED) is 0.0784. The molecule has 1 aromatic heterocycles. The molecule has 21 heteroatoms. The number of carbonyl (C=O) groups is 5. The summed E-state index contributed by atoms with van der Waals surface area (Å²) in [7, 11) is 1.82. The van der Waals surface area contributed by atoms with Crippen molar-refractivity contribution in [1.29, 1.82) is 0 Å². The molecular weight excluding hydrogens is 686 g/mol. The Balaban J connectivity index is 0.00000500. The second-order valence-corrected chi connectivity index (χ2v) is 13.5. The molecule has 2 aromatic rings. The van der Waals surface area contributed by atoms with Crippen LogP contribution in [0, 0.1) is 0 Å². The maximum Gasteiger partial charge on any atom is 1.00 e. The van der Waals surface area contributed by atoms with Crippen LogP contribution in [0.5, 0.6) is 5.75 Å². The molecule has 47 heavy (non-hydrogen) atoms. The number of β-lactam (4-membered cyclic amide) rings is 1. The number of phenolic OH excluding ortho intramolecular Hbond substituents is 1. The van der Waals surface area contributed by atoms with Gasteiger partial charge in [0.05, 0.1) is 22.1 Å². The zero-order chi connectivity index (χ0) is 33.3. The van der Waals surface area contributed by atoms with E-state index in [1.54, 1.807) is 10.6 Å². The van der Waals surface area contributed by atoms with E-state index in [0.29, 0.717) is 10.5 Å². The van der Waals surface area contributed by atoms with E-state index in [1.165, 1.54) is 66.7 Å². The number of rotatable bonds is 10. The van der Waals surface area contributed by atoms with Crippen molar-refractivity contribution in [2.45, 2.75) is 24.4 Å². The molecule has 5 amide bonds. The molecule has 0 radical (unpaired) electrons. The van der Waals surface area contributed by atoms with Crippen molar-refractivity contribution < 1.29 is 63.7 Å². The number of aromatic hydroxyl groups is 1. The smallest absolute Gasteiger partial charge is 0.543 e. The minimum Gasteiger partial charge on any atom is -0.543 e. The Hall–Kier alpha value is -3.66. The number of anilines is 2. The number of nitrogens with two attached hydrogens (primary N) is 1. The van der Waals surface area contributed by atoms with Crippen molar-refractivity contribution >= 4 is 76.8 Å². The van der Waals surface area contributed by atoms with E-state index in [4.69, 9.17) is 5.73 Å². The first-order valence-electron chi connectivity index (χ1n) is 13.3. The van der Waals surface area contributed by atoms with Gasteiger partial charge < -0.3 is 31.5 Å². The van der Waals surface area contributed by atoms with Crippen LogP contribution in [-0.2, 0) is 19.2 Å². The molecular formula is C26H26N9NaO8S3. The fraction of sp³-hybridized carbons (Fsp3) is 0.269. The van der Waals surface area contributed by atoms with E-state index in [0.717, 1.165) is 15.3 Å². The molecule has 7 N–H and O–H groups in total. The van der Waals surface area contributed by atoms with Gasteiger partial charge in [-0.25, -0.2) is 9.78 Å². The number of aromatic amines is 1. The molecule has 0 aliphatic carbocycles. The Labute approximate surface area is 301 Å². The maximum absolute atomic E-state index is 13.9. The number of nitrogens with one attached hydrogen (secondary N) is 4. The molecule has 0 bridgehead atoms. The van der Waals surface area contributed by atoms with Gasteiger partial charge in [0.15, 0.2) is 0 Å². The van der Waals surface area contributed by atoms with Crippen LogP contribution in [0.1, 0.15) is 18.5 Å². The zero-order valence-corrected chi connectivity index (χ0v) is 29.5. The van der Waals surface area contributed by atoms with Crippen molar-refractivity contribution in [2.75, 3.05) is 28.8 Å². The van der Waals surface area contributed by atoms with Crippen molar-refractivity contribution in [1.82, 2.24) is 30.0 Å². The first kappa shape index (κ1) is 36.2. The molecule has 242 valence electrons. The molecule has 17 nitrogen and oxygen atoms in total. The van der Waals surface area contributed by atoms with Crippen molar-refractivity contribution in [2.24, 2.45) is 5.73 Å². The number of carboxylic acid groups (broad SMARTS) is 1. The van der Waals surface area contributed by atoms with Crippen LogP contribution in [0.2, 0.25) is 0 Å². The second kappa shape index (κ2) is 15.0. The van der Waals surface area contributed by atoms with Gasteiger partial charge in [-0.3, -0.25) is 39.3 Å². The second-order valence-electron chi connectivity index (χ2n) is 9.94. The van der Waals surface area contributed by atoms with Crippen LogP contribution >= 0.6 is 35.5 Å². The first-order chi connectivity index (χ1) is 21.8. The fourth-order valence-electron chi connectivity index (χ4n) is 4.82. The molecule has 3 aliphatic rings. The number of nitrogens with zero attached hydrogens (tertiary/aromatic N) is 4. The van der Waals surface area contributed by atoms with Gasteiger partial charge in [0.25, 0.3) is 11.5 Å². The van der Waals surface area contributed by atoms with Crippen LogP contribution < -0.4 is 66.9 Å². The molecule has 2 unspecified atom stereocenters. The maximum atomic E-state index is 13.9. The number of benzene rings is 1. The van der Waals surface area contributed by atoms with E-state index in [9.17, 15) is 39.0 Å². The topological polar surface area (TPSA) is 246 Å². The molecule has 1 aromatic carbocycles. The summed E-state index contributed by atoms with van der Waals surface area (Å²) in [5.74, 6) is -3.54. The normalized spacial score (nSPS) is 19.3. The average molecular weight is 712 g/mol. The van der Waals surface area contributed by atoms with Crippen molar-refractivity contribution in [3.63, 3.8) is 0 Å². The number of H-pyrrole nitrogens is 1. The van der Waals surface area contributed by atoms with Gasteiger partial charge in [-0.05, 0) is 35.2 Å². The van der Waals surface area contributed by atoms with E-state index >= 15 is 0 Å².